The molecule has 0 aromatic carbocycles. The van der Waals surface area contributed by atoms with E-state index in [0.717, 1.165) is 25.7 Å². The third kappa shape index (κ3) is 3.04. The van der Waals surface area contributed by atoms with E-state index in [0.29, 0.717) is 24.8 Å². The maximum Gasteiger partial charge on any atom is 0.225 e. The lowest BCUT2D eigenvalue weighted by molar-refractivity contribution is -0.140. The van der Waals surface area contributed by atoms with Crippen LogP contribution >= 0.6 is 0 Å². The normalized spacial score (nSPS) is 40.4. The fourth-order valence-corrected chi connectivity index (χ4v) is 6.57. The number of hydrogen-bond donors (Lipinski definition) is 1. The first-order valence-electron chi connectivity index (χ1n) is 8.67. The predicted octanol–water partition coefficient (Wildman–Crippen LogP) is 1.18. The quantitative estimate of drug-likeness (QED) is 0.843. The zero-order valence-electron chi connectivity index (χ0n) is 13.4. The van der Waals surface area contributed by atoms with Gasteiger partial charge in [-0.3, -0.25) is 4.79 Å². The lowest BCUT2D eigenvalue weighted by atomic mass is 9.65. The molecule has 1 aliphatic heterocycles. The highest BCUT2D eigenvalue weighted by Crippen LogP contribution is 2.42. The molecule has 126 valence electrons. The van der Waals surface area contributed by atoms with Crippen molar-refractivity contribution in [1.29, 1.82) is 0 Å². The van der Waals surface area contributed by atoms with Crippen LogP contribution in [0.3, 0.4) is 0 Å². The highest BCUT2D eigenvalue weighted by atomic mass is 32.2. The van der Waals surface area contributed by atoms with Crippen molar-refractivity contribution in [3.8, 4) is 0 Å². The van der Waals surface area contributed by atoms with Gasteiger partial charge in [0.25, 0.3) is 0 Å². The second-order valence-corrected chi connectivity index (χ2v) is 9.61. The Hall–Kier alpha value is -0.620. The zero-order valence-corrected chi connectivity index (χ0v) is 14.2. The van der Waals surface area contributed by atoms with Crippen LogP contribution in [0, 0.1) is 17.8 Å². The Labute approximate surface area is 133 Å². The maximum absolute atomic E-state index is 13.0. The van der Waals surface area contributed by atoms with Crippen LogP contribution in [0.2, 0.25) is 0 Å². The van der Waals surface area contributed by atoms with Gasteiger partial charge in [-0.1, -0.05) is 6.42 Å². The molecule has 3 fully saturated rings. The fourth-order valence-electron chi connectivity index (χ4n) is 4.84. The van der Waals surface area contributed by atoms with Gasteiger partial charge in [-0.15, -0.1) is 0 Å². The average molecular weight is 328 g/mol. The van der Waals surface area contributed by atoms with Crippen molar-refractivity contribution in [2.75, 3.05) is 18.1 Å². The van der Waals surface area contributed by atoms with Crippen LogP contribution < -0.4 is 5.73 Å². The second kappa shape index (κ2) is 6.11. The summed E-state index contributed by atoms with van der Waals surface area (Å²) < 4.78 is 23.4. The summed E-state index contributed by atoms with van der Waals surface area (Å²) in [7, 11) is -2.95. The van der Waals surface area contributed by atoms with Gasteiger partial charge in [0.1, 0.15) is 0 Å². The molecule has 2 saturated carbocycles. The highest BCUT2D eigenvalue weighted by Gasteiger charge is 2.43. The van der Waals surface area contributed by atoms with E-state index in [4.69, 9.17) is 5.73 Å². The van der Waals surface area contributed by atoms with Gasteiger partial charge in [0.15, 0.2) is 9.84 Å². The lowest BCUT2D eigenvalue weighted by Crippen LogP contribution is -2.51. The van der Waals surface area contributed by atoms with E-state index >= 15 is 0 Å². The van der Waals surface area contributed by atoms with Gasteiger partial charge >= 0.3 is 0 Å². The first kappa shape index (κ1) is 16.2. The lowest BCUT2D eigenvalue weighted by Gasteiger charge is -2.45. The highest BCUT2D eigenvalue weighted by molar-refractivity contribution is 7.91. The Kier molecular flexibility index (Phi) is 4.52. The minimum atomic E-state index is -2.95. The molecule has 2 bridgehead atoms. The van der Waals surface area contributed by atoms with Gasteiger partial charge in [0.2, 0.25) is 5.91 Å². The van der Waals surface area contributed by atoms with Gasteiger partial charge < -0.3 is 10.6 Å². The first-order valence-corrected chi connectivity index (χ1v) is 10.5. The third-order valence-electron chi connectivity index (χ3n) is 6.04. The minimum absolute atomic E-state index is 0.0540. The maximum atomic E-state index is 13.0. The van der Waals surface area contributed by atoms with Crippen LogP contribution in [-0.2, 0) is 14.6 Å². The van der Waals surface area contributed by atoms with Crippen LogP contribution in [-0.4, -0.2) is 49.4 Å². The van der Waals surface area contributed by atoms with Gasteiger partial charge in [-0.05, 0) is 50.9 Å². The Bertz CT molecular complexity index is 520. The summed E-state index contributed by atoms with van der Waals surface area (Å²) in [4.78, 5) is 14.8. The molecule has 0 aromatic rings. The summed E-state index contributed by atoms with van der Waals surface area (Å²) in [6.45, 7) is 2.56. The first-order chi connectivity index (χ1) is 10.4. The Balaban J connectivity index is 1.70. The van der Waals surface area contributed by atoms with E-state index in [-0.39, 0.29) is 35.4 Å². The molecule has 3 aliphatic rings. The van der Waals surface area contributed by atoms with Crippen LogP contribution in [0.5, 0.6) is 0 Å². The molecule has 0 spiro atoms. The van der Waals surface area contributed by atoms with E-state index in [1.807, 2.05) is 11.8 Å². The smallest absolute Gasteiger partial charge is 0.225 e. The molecule has 3 rings (SSSR count). The van der Waals surface area contributed by atoms with Crippen molar-refractivity contribution in [2.24, 2.45) is 23.5 Å². The van der Waals surface area contributed by atoms with Crippen LogP contribution in [0.25, 0.3) is 0 Å². The van der Waals surface area contributed by atoms with Crippen molar-refractivity contribution in [3.63, 3.8) is 0 Å². The SMILES string of the molecule is CCN(C(=O)C1CC2CCCC(C1)C2N)C1CCS(=O)(=O)C1. The largest absolute Gasteiger partial charge is 0.339 e. The molecule has 5 nitrogen and oxygen atoms in total. The standard InChI is InChI=1S/C16H28N2O3S/c1-2-18(14-6-7-22(20,21)10-14)16(19)13-8-11-4-3-5-12(9-13)15(11)17/h11-15H,2-10,17H2,1H3. The monoisotopic (exact) mass is 328 g/mol. The number of nitrogens with two attached hydrogens (primary N) is 1. The van der Waals surface area contributed by atoms with Crippen LogP contribution in [0.1, 0.15) is 45.4 Å². The molecule has 22 heavy (non-hydrogen) atoms. The summed E-state index contributed by atoms with van der Waals surface area (Å²) >= 11 is 0. The van der Waals surface area contributed by atoms with Crippen molar-refractivity contribution < 1.29 is 13.2 Å². The zero-order chi connectivity index (χ0) is 15.9. The van der Waals surface area contributed by atoms with Crippen molar-refractivity contribution in [1.82, 2.24) is 4.90 Å². The molecule has 2 aliphatic carbocycles. The van der Waals surface area contributed by atoms with E-state index in [2.05, 4.69) is 0 Å². The Morgan fingerprint density at radius 1 is 1.18 bits per heavy atom. The Morgan fingerprint density at radius 2 is 1.82 bits per heavy atom. The molecule has 1 saturated heterocycles. The fraction of sp³-hybridized carbons (Fsp3) is 0.938. The molecule has 2 N–H and O–H groups in total. The van der Waals surface area contributed by atoms with Crippen molar-refractivity contribution in [2.45, 2.75) is 57.5 Å². The van der Waals surface area contributed by atoms with E-state index < -0.39 is 9.84 Å². The van der Waals surface area contributed by atoms with Gasteiger partial charge in [-0.25, -0.2) is 8.42 Å². The van der Waals surface area contributed by atoms with Gasteiger partial charge in [-0.2, -0.15) is 0 Å². The number of hydrogen-bond acceptors (Lipinski definition) is 4. The average Bonchev–Trinajstić information content (AvgIpc) is 2.79. The summed E-state index contributed by atoms with van der Waals surface area (Å²) in [6.07, 6.45) is 5.92. The number of amides is 1. The molecule has 3 atom stereocenters. The van der Waals surface area contributed by atoms with E-state index in [1.165, 1.54) is 6.42 Å². The number of sulfone groups is 1. The number of fused-ring (bicyclic) bond motifs is 2. The third-order valence-corrected chi connectivity index (χ3v) is 7.79. The predicted molar refractivity (Wildman–Crippen MR) is 86.0 cm³/mol. The summed E-state index contributed by atoms with van der Waals surface area (Å²) in [6, 6.07) is 0.151. The molecular weight excluding hydrogens is 300 g/mol. The topological polar surface area (TPSA) is 80.5 Å². The van der Waals surface area contributed by atoms with Crippen molar-refractivity contribution >= 4 is 15.7 Å². The summed E-state index contributed by atoms with van der Waals surface area (Å²) in [5, 5.41) is 0. The molecule has 0 radical (unpaired) electrons. The number of nitrogens with zero attached hydrogens (tertiary/aromatic N) is 1. The van der Waals surface area contributed by atoms with Gasteiger partial charge in [0, 0.05) is 24.5 Å². The van der Waals surface area contributed by atoms with Crippen molar-refractivity contribution in [3.05, 3.63) is 0 Å². The molecular formula is C16H28N2O3S. The number of carbonyl (C=O) groups is 1. The van der Waals surface area contributed by atoms with Crippen LogP contribution in [0.4, 0.5) is 0 Å². The molecule has 6 heteroatoms. The second-order valence-electron chi connectivity index (χ2n) is 7.38. The number of carbonyl (C=O) groups excluding carboxylic acids is 1. The molecule has 0 aromatic heterocycles. The summed E-state index contributed by atoms with van der Waals surface area (Å²) in [5.74, 6) is 1.56. The Morgan fingerprint density at radius 3 is 2.32 bits per heavy atom. The molecule has 3 unspecified atom stereocenters. The summed E-state index contributed by atoms with van der Waals surface area (Å²) in [5.41, 5.74) is 6.31. The minimum Gasteiger partial charge on any atom is -0.339 e. The molecule has 1 amide bonds. The van der Waals surface area contributed by atoms with Crippen LogP contribution in [0.15, 0.2) is 0 Å². The van der Waals surface area contributed by atoms with E-state index in [9.17, 15) is 13.2 Å². The van der Waals surface area contributed by atoms with Gasteiger partial charge in [0.05, 0.1) is 11.5 Å². The molecule has 1 heterocycles. The number of rotatable bonds is 3. The van der Waals surface area contributed by atoms with E-state index in [1.54, 1.807) is 0 Å².